The van der Waals surface area contributed by atoms with E-state index in [1.54, 1.807) is 23.2 Å². The van der Waals surface area contributed by atoms with E-state index in [2.05, 4.69) is 26.2 Å². The van der Waals surface area contributed by atoms with Crippen LogP contribution in [0.15, 0.2) is 22.8 Å². The molecule has 1 aromatic heterocycles. The predicted octanol–water partition coefficient (Wildman–Crippen LogP) is 2.23. The number of aromatic nitrogens is 1. The zero-order chi connectivity index (χ0) is 21.0. The summed E-state index contributed by atoms with van der Waals surface area (Å²) in [5.74, 6) is -0.155. The summed E-state index contributed by atoms with van der Waals surface area (Å²) in [6, 6.07) is 2.87. The number of likely N-dealkylation sites (tertiary alicyclic amines) is 1. The Balaban J connectivity index is 1.64. The molecule has 0 saturated carbocycles. The van der Waals surface area contributed by atoms with Crippen LogP contribution in [-0.2, 0) is 19.6 Å². The van der Waals surface area contributed by atoms with Gasteiger partial charge in [0.25, 0.3) is 0 Å². The Labute approximate surface area is 180 Å². The topological polar surface area (TPSA) is 99.7 Å². The van der Waals surface area contributed by atoms with Crippen LogP contribution in [0.4, 0.5) is 5.82 Å². The highest BCUT2D eigenvalue weighted by Crippen LogP contribution is 2.26. The first-order valence-electron chi connectivity index (χ1n) is 10.0. The molecule has 2 saturated heterocycles. The van der Waals surface area contributed by atoms with Crippen molar-refractivity contribution < 1.29 is 18.0 Å². The summed E-state index contributed by atoms with van der Waals surface area (Å²) in [6.07, 6.45) is 4.76. The van der Waals surface area contributed by atoms with E-state index in [1.807, 2.05) is 6.92 Å². The van der Waals surface area contributed by atoms with Gasteiger partial charge >= 0.3 is 0 Å². The third-order valence-electron chi connectivity index (χ3n) is 5.39. The van der Waals surface area contributed by atoms with Crippen molar-refractivity contribution >= 4 is 43.6 Å². The molecule has 3 rings (SSSR count). The van der Waals surface area contributed by atoms with Crippen LogP contribution in [-0.4, -0.2) is 65.9 Å². The zero-order valence-electron chi connectivity index (χ0n) is 16.5. The van der Waals surface area contributed by atoms with Gasteiger partial charge in [0.05, 0.1) is 11.7 Å². The molecule has 1 N–H and O–H groups in total. The van der Waals surface area contributed by atoms with Gasteiger partial charge in [0.2, 0.25) is 21.8 Å². The second-order valence-electron chi connectivity index (χ2n) is 7.56. The number of carbonyl (C=O) groups excluding carboxylic acids is 2. The fraction of sp³-hybridized carbons (Fsp3) is 0.632. The third-order valence-corrected chi connectivity index (χ3v) is 7.94. The fourth-order valence-corrected chi connectivity index (χ4v) is 5.95. The average Bonchev–Trinajstić information content (AvgIpc) is 3.20. The van der Waals surface area contributed by atoms with Crippen molar-refractivity contribution in [1.29, 1.82) is 0 Å². The second kappa shape index (κ2) is 9.53. The van der Waals surface area contributed by atoms with Gasteiger partial charge < -0.3 is 10.2 Å². The number of carbonyl (C=O) groups is 2. The highest BCUT2D eigenvalue weighted by molar-refractivity contribution is 9.10. The van der Waals surface area contributed by atoms with Gasteiger partial charge in [-0.05, 0) is 60.2 Å². The standard InChI is InChI=1S/C19H27BrN4O4S/c1-2-11-29(27,28)24-10-4-6-16(24)19(26)23-9-3-5-14(13-23)18(25)22-17-8-7-15(20)12-21-17/h7-8,12,14,16H,2-6,9-11,13H2,1H3,(H,21,22,25). The number of anilines is 1. The SMILES string of the molecule is CCCS(=O)(=O)N1CCCC1C(=O)N1CCCC(C(=O)Nc2ccc(Br)cn2)C1. The Morgan fingerprint density at radius 3 is 2.69 bits per heavy atom. The lowest BCUT2D eigenvalue weighted by Crippen LogP contribution is -2.52. The van der Waals surface area contributed by atoms with Crippen molar-refractivity contribution in [1.82, 2.24) is 14.2 Å². The molecule has 2 aliphatic heterocycles. The number of nitrogens with one attached hydrogen (secondary N) is 1. The molecule has 2 unspecified atom stereocenters. The molecule has 0 radical (unpaired) electrons. The number of halogens is 1. The molecule has 29 heavy (non-hydrogen) atoms. The lowest BCUT2D eigenvalue weighted by atomic mass is 9.96. The first-order valence-corrected chi connectivity index (χ1v) is 12.4. The second-order valence-corrected chi connectivity index (χ2v) is 10.5. The lowest BCUT2D eigenvalue weighted by molar-refractivity contribution is -0.137. The molecule has 1 aromatic rings. The Morgan fingerprint density at radius 2 is 2.00 bits per heavy atom. The first kappa shape index (κ1) is 22.2. The summed E-state index contributed by atoms with van der Waals surface area (Å²) in [7, 11) is -3.42. The van der Waals surface area contributed by atoms with E-state index in [-0.39, 0.29) is 23.5 Å². The van der Waals surface area contributed by atoms with Crippen LogP contribution in [0.3, 0.4) is 0 Å². The highest BCUT2D eigenvalue weighted by atomic mass is 79.9. The van der Waals surface area contributed by atoms with Crippen molar-refractivity contribution in [2.75, 3.05) is 30.7 Å². The van der Waals surface area contributed by atoms with Crippen LogP contribution < -0.4 is 5.32 Å². The molecule has 3 heterocycles. The van der Waals surface area contributed by atoms with Crippen molar-refractivity contribution in [2.45, 2.75) is 45.1 Å². The maximum atomic E-state index is 13.1. The summed E-state index contributed by atoms with van der Waals surface area (Å²) in [4.78, 5) is 31.6. The van der Waals surface area contributed by atoms with E-state index in [1.165, 1.54) is 4.31 Å². The van der Waals surface area contributed by atoms with Gasteiger partial charge in [-0.15, -0.1) is 0 Å². The Bertz CT molecular complexity index is 846. The molecule has 10 heteroatoms. The molecule has 160 valence electrons. The molecular formula is C19H27BrN4O4S. The van der Waals surface area contributed by atoms with E-state index in [9.17, 15) is 18.0 Å². The largest absolute Gasteiger partial charge is 0.341 e. The summed E-state index contributed by atoms with van der Waals surface area (Å²) in [6.45, 7) is 3.07. The minimum Gasteiger partial charge on any atom is -0.341 e. The fourth-order valence-electron chi connectivity index (χ4n) is 3.98. The molecule has 2 aliphatic rings. The molecule has 0 aliphatic carbocycles. The number of piperidine rings is 1. The van der Waals surface area contributed by atoms with E-state index in [4.69, 9.17) is 0 Å². The van der Waals surface area contributed by atoms with E-state index in [0.29, 0.717) is 57.6 Å². The quantitative estimate of drug-likeness (QED) is 0.664. The molecule has 0 aromatic carbocycles. The minimum absolute atomic E-state index is 0.0575. The van der Waals surface area contributed by atoms with E-state index < -0.39 is 16.1 Å². The molecule has 0 spiro atoms. The Morgan fingerprint density at radius 1 is 1.24 bits per heavy atom. The molecule has 8 nitrogen and oxygen atoms in total. The number of hydrogen-bond acceptors (Lipinski definition) is 5. The van der Waals surface area contributed by atoms with Crippen LogP contribution in [0.5, 0.6) is 0 Å². The molecule has 0 bridgehead atoms. The number of hydrogen-bond donors (Lipinski definition) is 1. The van der Waals surface area contributed by atoms with Gasteiger partial charge in [-0.2, -0.15) is 4.31 Å². The van der Waals surface area contributed by atoms with Crippen molar-refractivity contribution in [3.8, 4) is 0 Å². The summed E-state index contributed by atoms with van der Waals surface area (Å²) in [5.41, 5.74) is 0. The van der Waals surface area contributed by atoms with Gasteiger partial charge in [0.1, 0.15) is 11.9 Å². The molecule has 2 atom stereocenters. The first-order chi connectivity index (χ1) is 13.8. The maximum absolute atomic E-state index is 13.1. The van der Waals surface area contributed by atoms with Gasteiger partial charge in [-0.25, -0.2) is 13.4 Å². The van der Waals surface area contributed by atoms with Gasteiger partial charge in [-0.1, -0.05) is 6.92 Å². The number of rotatable bonds is 6. The summed E-state index contributed by atoms with van der Waals surface area (Å²) < 4.78 is 27.2. The normalized spacial score (nSPS) is 23.2. The lowest BCUT2D eigenvalue weighted by Gasteiger charge is -2.35. The van der Waals surface area contributed by atoms with Crippen LogP contribution in [0.25, 0.3) is 0 Å². The van der Waals surface area contributed by atoms with E-state index >= 15 is 0 Å². The monoisotopic (exact) mass is 486 g/mol. The maximum Gasteiger partial charge on any atom is 0.241 e. The van der Waals surface area contributed by atoms with Crippen molar-refractivity contribution in [3.63, 3.8) is 0 Å². The third kappa shape index (κ3) is 5.35. The molecule has 2 fully saturated rings. The smallest absolute Gasteiger partial charge is 0.241 e. The Kier molecular flexibility index (Phi) is 7.28. The number of nitrogens with zero attached hydrogens (tertiary/aromatic N) is 3. The Hall–Kier alpha value is -1.52. The minimum atomic E-state index is -3.42. The summed E-state index contributed by atoms with van der Waals surface area (Å²) >= 11 is 3.31. The zero-order valence-corrected chi connectivity index (χ0v) is 18.9. The molecular weight excluding hydrogens is 460 g/mol. The van der Waals surface area contributed by atoms with Crippen molar-refractivity contribution in [3.05, 3.63) is 22.8 Å². The molecule has 2 amide bonds. The van der Waals surface area contributed by atoms with Crippen LogP contribution in [0.1, 0.15) is 39.0 Å². The van der Waals surface area contributed by atoms with Gasteiger partial charge in [0.15, 0.2) is 0 Å². The van der Waals surface area contributed by atoms with Crippen LogP contribution >= 0.6 is 15.9 Å². The summed E-state index contributed by atoms with van der Waals surface area (Å²) in [5, 5.41) is 2.80. The average molecular weight is 487 g/mol. The van der Waals surface area contributed by atoms with E-state index in [0.717, 1.165) is 4.47 Å². The number of pyridine rings is 1. The highest BCUT2D eigenvalue weighted by Gasteiger charge is 2.41. The number of amides is 2. The number of sulfonamides is 1. The van der Waals surface area contributed by atoms with Gasteiger partial charge in [0, 0.05) is 30.3 Å². The predicted molar refractivity (Wildman–Crippen MR) is 114 cm³/mol. The van der Waals surface area contributed by atoms with Crippen LogP contribution in [0.2, 0.25) is 0 Å². The van der Waals surface area contributed by atoms with Crippen LogP contribution in [0, 0.1) is 5.92 Å². The van der Waals surface area contributed by atoms with Gasteiger partial charge in [-0.3, -0.25) is 9.59 Å². The van der Waals surface area contributed by atoms with Crippen molar-refractivity contribution in [2.24, 2.45) is 5.92 Å².